The zero-order valence-corrected chi connectivity index (χ0v) is 14.7. The molecule has 2 heterocycles. The van der Waals surface area contributed by atoms with Crippen LogP contribution < -0.4 is 20.5 Å². The smallest absolute Gasteiger partial charge is 0.292 e. The number of aryl methyl sites for hydroxylation is 1. The van der Waals surface area contributed by atoms with Crippen LogP contribution in [0.1, 0.15) is 23.0 Å². The van der Waals surface area contributed by atoms with E-state index in [4.69, 9.17) is 9.47 Å². The summed E-state index contributed by atoms with van der Waals surface area (Å²) in [7, 11) is 1.51. The van der Waals surface area contributed by atoms with E-state index in [1.807, 2.05) is 6.07 Å². The molecule has 136 valence electrons. The van der Waals surface area contributed by atoms with E-state index in [1.54, 1.807) is 43.3 Å². The van der Waals surface area contributed by atoms with Crippen molar-refractivity contribution in [2.45, 2.75) is 6.92 Å². The van der Waals surface area contributed by atoms with Crippen molar-refractivity contribution in [3.05, 3.63) is 64.1 Å². The van der Waals surface area contributed by atoms with Gasteiger partial charge in [-0.3, -0.25) is 9.59 Å². The van der Waals surface area contributed by atoms with Crippen LogP contribution >= 0.6 is 0 Å². The lowest BCUT2D eigenvalue weighted by Crippen LogP contribution is -2.27. The first kappa shape index (κ1) is 16.8. The number of nitrogens with one attached hydrogen (secondary N) is 1. The molecule has 0 saturated carbocycles. The lowest BCUT2D eigenvalue weighted by molar-refractivity contribution is 0.0949. The molecular formula is C19H16N4O4. The Bertz CT molecular complexity index is 1150. The fourth-order valence-corrected chi connectivity index (χ4v) is 2.84. The molecule has 4 rings (SSSR count). The van der Waals surface area contributed by atoms with Gasteiger partial charge < -0.3 is 9.47 Å². The van der Waals surface area contributed by atoms with Crippen molar-refractivity contribution in [2.24, 2.45) is 12.1 Å². The van der Waals surface area contributed by atoms with Gasteiger partial charge in [0.05, 0.1) is 11.1 Å². The Balaban J connectivity index is 1.63. The molecule has 1 N–H and O–H groups in total. The molecule has 1 aliphatic heterocycles. The maximum absolute atomic E-state index is 12.6. The molecule has 0 atom stereocenters. The molecule has 8 heteroatoms. The van der Waals surface area contributed by atoms with Gasteiger partial charge in [0.25, 0.3) is 11.5 Å². The minimum Gasteiger partial charge on any atom is -0.454 e. The highest BCUT2D eigenvalue weighted by molar-refractivity contribution is 6.06. The molecule has 2 aromatic carbocycles. The quantitative estimate of drug-likeness (QED) is 0.565. The Morgan fingerprint density at radius 3 is 2.70 bits per heavy atom. The van der Waals surface area contributed by atoms with Gasteiger partial charge in [-0.2, -0.15) is 10.2 Å². The van der Waals surface area contributed by atoms with Gasteiger partial charge in [0.15, 0.2) is 17.2 Å². The van der Waals surface area contributed by atoms with Crippen molar-refractivity contribution in [2.75, 3.05) is 6.79 Å². The first-order chi connectivity index (χ1) is 13.0. The molecule has 1 amide bonds. The van der Waals surface area contributed by atoms with Crippen molar-refractivity contribution in [3.8, 4) is 11.5 Å². The van der Waals surface area contributed by atoms with Gasteiger partial charge in [0.2, 0.25) is 6.79 Å². The third kappa shape index (κ3) is 3.01. The zero-order valence-electron chi connectivity index (χ0n) is 14.7. The van der Waals surface area contributed by atoms with Crippen molar-refractivity contribution >= 4 is 22.4 Å². The van der Waals surface area contributed by atoms with Gasteiger partial charge in [0.1, 0.15) is 0 Å². The second-order valence-corrected chi connectivity index (χ2v) is 6.03. The van der Waals surface area contributed by atoms with Crippen LogP contribution in [-0.4, -0.2) is 28.2 Å². The van der Waals surface area contributed by atoms with E-state index in [0.717, 1.165) is 10.2 Å². The first-order valence-corrected chi connectivity index (χ1v) is 8.25. The molecule has 0 bridgehead atoms. The molecule has 0 unspecified atom stereocenters. The third-order valence-corrected chi connectivity index (χ3v) is 4.29. The summed E-state index contributed by atoms with van der Waals surface area (Å²) >= 11 is 0. The summed E-state index contributed by atoms with van der Waals surface area (Å²) in [5.41, 5.74) is 3.76. The molecule has 0 radical (unpaired) electrons. The van der Waals surface area contributed by atoms with Crippen molar-refractivity contribution in [1.29, 1.82) is 0 Å². The van der Waals surface area contributed by atoms with E-state index in [0.29, 0.717) is 28.0 Å². The van der Waals surface area contributed by atoms with Crippen LogP contribution in [0, 0.1) is 0 Å². The number of rotatable bonds is 3. The molecule has 3 aromatic rings. The predicted octanol–water partition coefficient (Wildman–Crippen LogP) is 1.82. The van der Waals surface area contributed by atoms with E-state index >= 15 is 0 Å². The molecular weight excluding hydrogens is 348 g/mol. The van der Waals surface area contributed by atoms with Gasteiger partial charge in [-0.25, -0.2) is 10.1 Å². The summed E-state index contributed by atoms with van der Waals surface area (Å²) in [6.07, 6.45) is 0. The minimum atomic E-state index is -0.498. The van der Waals surface area contributed by atoms with Crippen LogP contribution in [-0.2, 0) is 7.05 Å². The standard InChI is InChI=1S/C19H16N4O4/c1-11(12-7-8-15-16(9-12)27-10-26-15)20-21-18(24)17-13-5-3-4-6-14(13)19(25)23(2)22-17/h3-9H,10H2,1-2H3,(H,21,24)/b20-11-. The van der Waals surface area contributed by atoms with E-state index in [9.17, 15) is 9.59 Å². The SMILES string of the molecule is C/C(=N/NC(=O)c1nn(C)c(=O)c2ccccc12)c1ccc2c(c1)OCO2. The van der Waals surface area contributed by atoms with Crippen LogP contribution in [0.2, 0.25) is 0 Å². The number of hydrazone groups is 1. The highest BCUT2D eigenvalue weighted by Crippen LogP contribution is 2.32. The van der Waals surface area contributed by atoms with Crippen LogP contribution in [0.4, 0.5) is 0 Å². The molecule has 0 spiro atoms. The van der Waals surface area contributed by atoms with E-state index in [-0.39, 0.29) is 18.0 Å². The second kappa shape index (κ2) is 6.56. The van der Waals surface area contributed by atoms with Gasteiger partial charge in [-0.1, -0.05) is 18.2 Å². The van der Waals surface area contributed by atoms with Gasteiger partial charge in [-0.15, -0.1) is 0 Å². The number of benzene rings is 2. The molecule has 0 saturated heterocycles. The Kier molecular flexibility index (Phi) is 4.08. The molecule has 1 aromatic heterocycles. The summed E-state index contributed by atoms with van der Waals surface area (Å²) < 4.78 is 11.8. The maximum Gasteiger partial charge on any atom is 0.292 e. The molecule has 0 aliphatic carbocycles. The average molecular weight is 364 g/mol. The first-order valence-electron chi connectivity index (χ1n) is 8.25. The molecule has 8 nitrogen and oxygen atoms in total. The van der Waals surface area contributed by atoms with Crippen molar-refractivity contribution in [3.63, 3.8) is 0 Å². The van der Waals surface area contributed by atoms with Gasteiger partial charge in [-0.05, 0) is 31.2 Å². The van der Waals surface area contributed by atoms with Crippen LogP contribution in [0.25, 0.3) is 10.8 Å². The number of aromatic nitrogens is 2. The van der Waals surface area contributed by atoms with Crippen molar-refractivity contribution < 1.29 is 14.3 Å². The number of hydrogen-bond donors (Lipinski definition) is 1. The van der Waals surface area contributed by atoms with Crippen LogP contribution in [0.15, 0.2) is 52.4 Å². The summed E-state index contributed by atoms with van der Waals surface area (Å²) in [5.74, 6) is 0.817. The van der Waals surface area contributed by atoms with Crippen LogP contribution in [0.5, 0.6) is 11.5 Å². The van der Waals surface area contributed by atoms with E-state index < -0.39 is 5.91 Å². The average Bonchev–Trinajstić information content (AvgIpc) is 3.16. The number of nitrogens with zero attached hydrogens (tertiary/aromatic N) is 3. The summed E-state index contributed by atoms with van der Waals surface area (Å²) in [5, 5.41) is 9.14. The Labute approximate surface area is 154 Å². The fraction of sp³-hybridized carbons (Fsp3) is 0.158. The highest BCUT2D eigenvalue weighted by atomic mass is 16.7. The lowest BCUT2D eigenvalue weighted by atomic mass is 10.1. The second-order valence-electron chi connectivity index (χ2n) is 6.03. The number of fused-ring (bicyclic) bond motifs is 2. The maximum atomic E-state index is 12.6. The number of hydrogen-bond acceptors (Lipinski definition) is 6. The number of amides is 1. The fourth-order valence-electron chi connectivity index (χ4n) is 2.84. The normalized spacial score (nSPS) is 13.0. The number of carbonyl (C=O) groups is 1. The molecule has 1 aliphatic rings. The third-order valence-electron chi connectivity index (χ3n) is 4.29. The lowest BCUT2D eigenvalue weighted by Gasteiger charge is -2.07. The predicted molar refractivity (Wildman–Crippen MR) is 99.2 cm³/mol. The summed E-state index contributed by atoms with van der Waals surface area (Å²) in [6, 6.07) is 12.3. The highest BCUT2D eigenvalue weighted by Gasteiger charge is 2.16. The largest absolute Gasteiger partial charge is 0.454 e. The Morgan fingerprint density at radius 2 is 1.89 bits per heavy atom. The van der Waals surface area contributed by atoms with Crippen molar-refractivity contribution in [1.82, 2.24) is 15.2 Å². The minimum absolute atomic E-state index is 0.134. The van der Waals surface area contributed by atoms with Crippen LogP contribution in [0.3, 0.4) is 0 Å². The number of carbonyl (C=O) groups excluding carboxylic acids is 1. The summed E-state index contributed by atoms with van der Waals surface area (Å²) in [6.45, 7) is 1.96. The van der Waals surface area contributed by atoms with E-state index in [2.05, 4.69) is 15.6 Å². The van der Waals surface area contributed by atoms with E-state index in [1.165, 1.54) is 7.05 Å². The zero-order chi connectivity index (χ0) is 19.0. The Hall–Kier alpha value is -3.68. The monoisotopic (exact) mass is 364 g/mol. The molecule has 0 fully saturated rings. The van der Waals surface area contributed by atoms with Gasteiger partial charge >= 0.3 is 0 Å². The Morgan fingerprint density at radius 1 is 1.15 bits per heavy atom. The molecule has 27 heavy (non-hydrogen) atoms. The van der Waals surface area contributed by atoms with Gasteiger partial charge in [0, 0.05) is 18.0 Å². The topological polar surface area (TPSA) is 94.8 Å². The summed E-state index contributed by atoms with van der Waals surface area (Å²) in [4.78, 5) is 24.8. The number of ether oxygens (including phenoxy) is 2.